The molecule has 0 aliphatic carbocycles. The number of carbonyl (C=O) groups excluding carboxylic acids is 1. The highest BCUT2D eigenvalue weighted by molar-refractivity contribution is 7.89. The molecule has 0 saturated heterocycles. The number of rotatable bonds is 5. The Hall–Kier alpha value is -2.29. The average Bonchev–Trinajstić information content (AvgIpc) is 2.86. The van der Waals surface area contributed by atoms with E-state index in [-0.39, 0.29) is 5.92 Å². The molecule has 1 atom stereocenters. The molecule has 1 aromatic carbocycles. The fourth-order valence-electron chi connectivity index (χ4n) is 1.96. The molecule has 0 radical (unpaired) electrons. The normalized spacial score (nSPS) is 13.1. The van der Waals surface area contributed by atoms with Gasteiger partial charge in [-0.1, -0.05) is 44.2 Å². The number of carbonyl (C=O) groups is 1. The molecule has 22 heavy (non-hydrogen) atoms. The molecule has 118 valence electrons. The molecule has 0 aliphatic rings. The van der Waals surface area contributed by atoms with E-state index in [9.17, 15) is 13.2 Å². The summed E-state index contributed by atoms with van der Waals surface area (Å²) >= 11 is 0. The molecule has 1 aromatic heterocycles. The molecule has 0 bridgehead atoms. The number of nitrogens with zero attached hydrogens (tertiary/aromatic N) is 4. The second-order valence-corrected chi connectivity index (χ2v) is 6.98. The topological polar surface area (TPSA) is 107 Å². The third kappa shape index (κ3) is 3.88. The second kappa shape index (κ2) is 6.22. The predicted octanol–water partition coefficient (Wildman–Crippen LogP) is 0.613. The summed E-state index contributed by atoms with van der Waals surface area (Å²) in [6.45, 7) is 3.55. The Morgan fingerprint density at radius 1 is 1.23 bits per heavy atom. The number of amides is 1. The van der Waals surface area contributed by atoms with Crippen molar-refractivity contribution >= 4 is 15.9 Å². The van der Waals surface area contributed by atoms with E-state index in [1.54, 1.807) is 13.8 Å². The van der Waals surface area contributed by atoms with Crippen LogP contribution in [-0.4, -0.2) is 40.8 Å². The Labute approximate surface area is 128 Å². The highest BCUT2D eigenvalue weighted by atomic mass is 32.2. The van der Waals surface area contributed by atoms with Gasteiger partial charge in [0.25, 0.3) is 5.91 Å². The van der Waals surface area contributed by atoms with Crippen LogP contribution < -0.4 is 4.72 Å². The lowest BCUT2D eigenvalue weighted by Gasteiger charge is -2.17. The number of nitrogens with one attached hydrogen (secondary N) is 1. The van der Waals surface area contributed by atoms with Crippen molar-refractivity contribution in [3.8, 4) is 11.4 Å². The summed E-state index contributed by atoms with van der Waals surface area (Å²) < 4.78 is 24.4. The van der Waals surface area contributed by atoms with Crippen LogP contribution in [0.15, 0.2) is 30.3 Å². The lowest BCUT2D eigenvalue weighted by atomic mass is 10.1. The molecule has 0 saturated carbocycles. The van der Waals surface area contributed by atoms with Crippen molar-refractivity contribution < 1.29 is 13.2 Å². The Kier molecular flexibility index (Phi) is 4.55. The van der Waals surface area contributed by atoms with Crippen LogP contribution >= 0.6 is 0 Å². The van der Waals surface area contributed by atoms with Gasteiger partial charge in [0.1, 0.15) is 0 Å². The van der Waals surface area contributed by atoms with Crippen LogP contribution in [0.5, 0.6) is 0 Å². The van der Waals surface area contributed by atoms with Crippen LogP contribution in [0.1, 0.15) is 19.9 Å². The van der Waals surface area contributed by atoms with Crippen LogP contribution in [0, 0.1) is 5.92 Å². The largest absolute Gasteiger partial charge is 0.271 e. The molecule has 1 amide bonds. The lowest BCUT2D eigenvalue weighted by Crippen LogP contribution is -2.39. The van der Waals surface area contributed by atoms with Crippen molar-refractivity contribution in [1.29, 1.82) is 0 Å². The molecule has 9 heteroatoms. The highest BCUT2D eigenvalue weighted by Gasteiger charge is 2.29. The van der Waals surface area contributed by atoms with Crippen molar-refractivity contribution in [2.24, 2.45) is 5.92 Å². The minimum absolute atomic E-state index is 0.209. The van der Waals surface area contributed by atoms with Gasteiger partial charge in [0.15, 0.2) is 6.04 Å². The van der Waals surface area contributed by atoms with E-state index in [0.29, 0.717) is 5.82 Å². The van der Waals surface area contributed by atoms with Crippen LogP contribution in [0.25, 0.3) is 11.4 Å². The Morgan fingerprint density at radius 3 is 2.41 bits per heavy atom. The summed E-state index contributed by atoms with van der Waals surface area (Å²) in [4.78, 5) is 13.3. The van der Waals surface area contributed by atoms with Crippen LogP contribution in [0.4, 0.5) is 0 Å². The minimum Gasteiger partial charge on any atom is -0.271 e. The van der Waals surface area contributed by atoms with E-state index in [4.69, 9.17) is 0 Å². The van der Waals surface area contributed by atoms with Crippen LogP contribution in [-0.2, 0) is 14.8 Å². The first-order valence-corrected chi connectivity index (χ1v) is 8.53. The van der Waals surface area contributed by atoms with E-state index in [1.165, 1.54) is 0 Å². The lowest BCUT2D eigenvalue weighted by molar-refractivity contribution is -0.124. The molecular weight excluding hydrogens is 306 g/mol. The van der Waals surface area contributed by atoms with E-state index in [1.807, 2.05) is 35.1 Å². The molecule has 1 N–H and O–H groups in total. The molecule has 8 nitrogen and oxygen atoms in total. The maximum atomic E-state index is 12.1. The first-order chi connectivity index (χ1) is 10.3. The quantitative estimate of drug-likeness (QED) is 0.864. The maximum Gasteiger partial charge on any atom is 0.260 e. The van der Waals surface area contributed by atoms with Gasteiger partial charge in [-0.2, -0.15) is 4.80 Å². The van der Waals surface area contributed by atoms with Gasteiger partial charge < -0.3 is 0 Å². The Bertz CT molecular complexity index is 755. The zero-order valence-electron chi connectivity index (χ0n) is 12.5. The summed E-state index contributed by atoms with van der Waals surface area (Å²) in [6.07, 6.45) is 0.923. The van der Waals surface area contributed by atoms with Gasteiger partial charge >= 0.3 is 0 Å². The van der Waals surface area contributed by atoms with Gasteiger partial charge in [0.05, 0.1) is 6.26 Å². The summed E-state index contributed by atoms with van der Waals surface area (Å²) in [7, 11) is -3.64. The Balaban J connectivity index is 2.31. The number of benzene rings is 1. The van der Waals surface area contributed by atoms with Gasteiger partial charge in [-0.15, -0.1) is 10.2 Å². The van der Waals surface area contributed by atoms with E-state index in [2.05, 4.69) is 15.4 Å². The van der Waals surface area contributed by atoms with Gasteiger partial charge in [0.2, 0.25) is 15.8 Å². The second-order valence-electron chi connectivity index (χ2n) is 5.23. The molecule has 2 rings (SSSR count). The van der Waals surface area contributed by atoms with Crippen molar-refractivity contribution in [3.05, 3.63) is 30.3 Å². The molecule has 0 aliphatic heterocycles. The van der Waals surface area contributed by atoms with Gasteiger partial charge in [-0.3, -0.25) is 9.52 Å². The standard InChI is InChI=1S/C13H17N5O3S/c1-9(2)11(13(19)16-22(3,20)21)18-15-12(14-17-18)10-7-5-4-6-8-10/h4-9,11H,1-3H3,(H,16,19). The maximum absolute atomic E-state index is 12.1. The molecular formula is C13H17N5O3S. The predicted molar refractivity (Wildman–Crippen MR) is 80.1 cm³/mol. The van der Waals surface area contributed by atoms with Crippen LogP contribution in [0.2, 0.25) is 0 Å². The summed E-state index contributed by atoms with van der Waals surface area (Å²) in [5, 5.41) is 12.0. The molecule has 0 spiro atoms. The molecule has 1 unspecified atom stereocenters. The zero-order chi connectivity index (χ0) is 16.3. The number of aromatic nitrogens is 4. The minimum atomic E-state index is -3.64. The zero-order valence-corrected chi connectivity index (χ0v) is 13.3. The van der Waals surface area contributed by atoms with Gasteiger partial charge in [-0.25, -0.2) is 8.42 Å². The SMILES string of the molecule is CC(C)C(C(=O)NS(C)(=O)=O)n1nnc(-c2ccccc2)n1. The van der Waals surface area contributed by atoms with Crippen molar-refractivity contribution in [3.63, 3.8) is 0 Å². The number of tetrazole rings is 1. The van der Waals surface area contributed by atoms with Crippen molar-refractivity contribution in [2.75, 3.05) is 6.26 Å². The number of hydrogen-bond acceptors (Lipinski definition) is 6. The fourth-order valence-corrected chi connectivity index (χ4v) is 2.45. The fraction of sp³-hybridized carbons (Fsp3) is 0.385. The molecule has 2 aromatic rings. The first kappa shape index (κ1) is 16.1. The third-order valence-corrected chi connectivity index (χ3v) is 3.47. The Morgan fingerprint density at radius 2 is 1.86 bits per heavy atom. The van der Waals surface area contributed by atoms with E-state index in [0.717, 1.165) is 16.6 Å². The number of hydrogen-bond donors (Lipinski definition) is 1. The summed E-state index contributed by atoms with van der Waals surface area (Å²) in [6, 6.07) is 8.33. The number of sulfonamides is 1. The molecule has 0 fully saturated rings. The monoisotopic (exact) mass is 323 g/mol. The smallest absolute Gasteiger partial charge is 0.260 e. The van der Waals surface area contributed by atoms with Crippen molar-refractivity contribution in [1.82, 2.24) is 24.9 Å². The average molecular weight is 323 g/mol. The molecule has 1 heterocycles. The van der Waals surface area contributed by atoms with Crippen LogP contribution in [0.3, 0.4) is 0 Å². The van der Waals surface area contributed by atoms with Gasteiger partial charge in [-0.05, 0) is 11.1 Å². The third-order valence-electron chi connectivity index (χ3n) is 2.90. The van der Waals surface area contributed by atoms with E-state index < -0.39 is 22.0 Å². The highest BCUT2D eigenvalue weighted by Crippen LogP contribution is 2.18. The van der Waals surface area contributed by atoms with Gasteiger partial charge in [0, 0.05) is 5.56 Å². The first-order valence-electron chi connectivity index (χ1n) is 6.64. The van der Waals surface area contributed by atoms with E-state index >= 15 is 0 Å². The summed E-state index contributed by atoms with van der Waals surface area (Å²) in [5.41, 5.74) is 0.764. The summed E-state index contributed by atoms with van der Waals surface area (Å²) in [5.74, 6) is -0.521. The van der Waals surface area contributed by atoms with Crippen molar-refractivity contribution in [2.45, 2.75) is 19.9 Å².